The third-order valence-corrected chi connectivity index (χ3v) is 8.62. The van der Waals surface area contributed by atoms with Crippen molar-refractivity contribution in [2.24, 2.45) is 11.3 Å². The van der Waals surface area contributed by atoms with Crippen molar-refractivity contribution in [3.05, 3.63) is 63.7 Å². The van der Waals surface area contributed by atoms with Crippen molar-refractivity contribution >= 4 is 28.1 Å². The minimum atomic E-state index is -4.53. The van der Waals surface area contributed by atoms with Crippen molar-refractivity contribution in [1.29, 1.82) is 5.26 Å². The molecule has 6 nitrogen and oxygen atoms in total. The fraction of sp³-hybridized carbons (Fsp3) is 0.444. The maximum atomic E-state index is 14.0. The molecule has 37 heavy (non-hydrogen) atoms. The molecule has 0 bridgehead atoms. The first kappa shape index (κ1) is 25.3. The number of thiophene rings is 1. The van der Waals surface area contributed by atoms with E-state index in [9.17, 15) is 23.2 Å². The summed E-state index contributed by atoms with van der Waals surface area (Å²) in [6, 6.07) is 10.0. The number of fused-ring (bicyclic) bond motifs is 2. The Kier molecular flexibility index (Phi) is 6.31. The zero-order valence-corrected chi connectivity index (χ0v) is 21.6. The van der Waals surface area contributed by atoms with Crippen LogP contribution in [0.25, 0.3) is 0 Å². The summed E-state index contributed by atoms with van der Waals surface area (Å²) in [4.78, 5) is 14.2. The Bertz CT molecular complexity index is 1360. The van der Waals surface area contributed by atoms with Gasteiger partial charge in [0.15, 0.2) is 11.7 Å². The van der Waals surface area contributed by atoms with Crippen LogP contribution >= 0.6 is 11.3 Å². The van der Waals surface area contributed by atoms with Crippen molar-refractivity contribution < 1.29 is 18.0 Å². The number of carbonyl (C=O) groups excluding carboxylic acids is 1. The molecule has 5 rings (SSSR count). The van der Waals surface area contributed by atoms with E-state index >= 15 is 0 Å². The molecule has 1 aromatic carbocycles. The van der Waals surface area contributed by atoms with Gasteiger partial charge < -0.3 is 10.6 Å². The number of carbonyl (C=O) groups is 1. The van der Waals surface area contributed by atoms with Gasteiger partial charge in [-0.15, -0.1) is 11.3 Å². The number of nitrogens with zero attached hydrogens (tertiary/aromatic N) is 3. The quantitative estimate of drug-likeness (QED) is 0.389. The van der Waals surface area contributed by atoms with E-state index < -0.39 is 24.2 Å². The van der Waals surface area contributed by atoms with E-state index in [0.29, 0.717) is 16.5 Å². The Morgan fingerprint density at radius 2 is 1.97 bits per heavy atom. The van der Waals surface area contributed by atoms with Crippen LogP contribution in [-0.2, 0) is 12.8 Å². The summed E-state index contributed by atoms with van der Waals surface area (Å²) >= 11 is 1.38. The average molecular weight is 528 g/mol. The van der Waals surface area contributed by atoms with Crippen LogP contribution in [0.2, 0.25) is 0 Å². The van der Waals surface area contributed by atoms with Gasteiger partial charge >= 0.3 is 6.18 Å². The summed E-state index contributed by atoms with van der Waals surface area (Å²) in [5, 5.41) is 20.2. The number of halogens is 3. The molecule has 1 amide bonds. The van der Waals surface area contributed by atoms with Gasteiger partial charge in [0, 0.05) is 17.4 Å². The summed E-state index contributed by atoms with van der Waals surface area (Å²) in [6.45, 7) is 6.61. The molecule has 2 aliphatic rings. The van der Waals surface area contributed by atoms with Crippen molar-refractivity contribution in [2.45, 2.75) is 64.7 Å². The predicted octanol–water partition coefficient (Wildman–Crippen LogP) is 6.88. The maximum absolute atomic E-state index is 14.0. The number of nitrogens with one attached hydrogen (secondary N) is 2. The van der Waals surface area contributed by atoms with E-state index in [1.54, 1.807) is 30.3 Å². The Morgan fingerprint density at radius 3 is 2.62 bits per heavy atom. The Labute approximate surface area is 217 Å². The Morgan fingerprint density at radius 1 is 1.24 bits per heavy atom. The SMILES string of the molecule is CC(C)(C)[C@@H]1CCc2c(sc(NC(=O)c3cc4n(n3)[C@@H](C(F)(F)F)C[C@@H](c3ccccc3)N4)c2C#N)C1. The van der Waals surface area contributed by atoms with Crippen LogP contribution in [0.4, 0.5) is 24.0 Å². The van der Waals surface area contributed by atoms with Gasteiger partial charge in [-0.2, -0.15) is 23.5 Å². The van der Waals surface area contributed by atoms with Crippen LogP contribution in [0.15, 0.2) is 36.4 Å². The predicted molar refractivity (Wildman–Crippen MR) is 137 cm³/mol. The molecule has 0 radical (unpaired) electrons. The van der Waals surface area contributed by atoms with E-state index in [1.165, 1.54) is 17.4 Å². The fourth-order valence-electron chi connectivity index (χ4n) is 5.29. The van der Waals surface area contributed by atoms with Gasteiger partial charge in [-0.25, -0.2) is 4.68 Å². The monoisotopic (exact) mass is 527 g/mol. The Hall–Kier alpha value is -3.32. The van der Waals surface area contributed by atoms with E-state index in [0.717, 1.165) is 39.9 Å². The molecule has 3 heterocycles. The smallest absolute Gasteiger partial charge is 0.363 e. The number of amides is 1. The second kappa shape index (κ2) is 9.21. The number of hydrogen-bond acceptors (Lipinski definition) is 5. The summed E-state index contributed by atoms with van der Waals surface area (Å²) in [5.74, 6) is -0.0357. The number of benzene rings is 1. The summed E-state index contributed by atoms with van der Waals surface area (Å²) in [6.07, 6.45) is -2.20. The van der Waals surface area contributed by atoms with Gasteiger partial charge in [0.1, 0.15) is 16.9 Å². The molecule has 0 saturated heterocycles. The molecule has 194 valence electrons. The molecule has 10 heteroatoms. The number of hydrogen-bond donors (Lipinski definition) is 2. The van der Waals surface area contributed by atoms with Crippen LogP contribution in [0.1, 0.15) is 77.8 Å². The molecule has 2 N–H and O–H groups in total. The number of anilines is 2. The number of alkyl halides is 3. The van der Waals surface area contributed by atoms with E-state index in [1.807, 2.05) is 0 Å². The molecule has 2 aromatic heterocycles. The molecule has 1 aliphatic carbocycles. The van der Waals surface area contributed by atoms with E-state index in [-0.39, 0.29) is 23.3 Å². The fourth-order valence-corrected chi connectivity index (χ4v) is 6.56. The zero-order valence-electron chi connectivity index (χ0n) is 20.8. The highest BCUT2D eigenvalue weighted by atomic mass is 32.1. The molecular weight excluding hydrogens is 499 g/mol. The number of nitriles is 1. The molecule has 0 saturated carbocycles. The highest BCUT2D eigenvalue weighted by Gasteiger charge is 2.47. The van der Waals surface area contributed by atoms with Gasteiger partial charge in [-0.05, 0) is 41.7 Å². The lowest BCUT2D eigenvalue weighted by Gasteiger charge is -2.33. The lowest BCUT2D eigenvalue weighted by molar-refractivity contribution is -0.173. The molecule has 0 fully saturated rings. The summed E-state index contributed by atoms with van der Waals surface area (Å²) < 4.78 is 42.8. The normalized spacial score (nSPS) is 21.4. The molecule has 1 aliphatic heterocycles. The minimum Gasteiger partial charge on any atom is -0.363 e. The van der Waals surface area contributed by atoms with Gasteiger partial charge in [0.25, 0.3) is 5.91 Å². The highest BCUT2D eigenvalue weighted by Crippen LogP contribution is 2.45. The van der Waals surface area contributed by atoms with E-state index in [4.69, 9.17) is 0 Å². The van der Waals surface area contributed by atoms with Crippen LogP contribution in [-0.4, -0.2) is 21.9 Å². The lowest BCUT2D eigenvalue weighted by Crippen LogP contribution is -2.35. The molecule has 3 atom stereocenters. The molecule has 3 aromatic rings. The van der Waals surface area contributed by atoms with Crippen molar-refractivity contribution in [1.82, 2.24) is 9.78 Å². The third kappa shape index (κ3) is 4.85. The first-order valence-electron chi connectivity index (χ1n) is 12.3. The van der Waals surface area contributed by atoms with Gasteiger partial charge in [-0.1, -0.05) is 51.1 Å². The first-order chi connectivity index (χ1) is 17.5. The van der Waals surface area contributed by atoms with Crippen LogP contribution in [0.3, 0.4) is 0 Å². The topological polar surface area (TPSA) is 82.7 Å². The van der Waals surface area contributed by atoms with Crippen molar-refractivity contribution in [3.63, 3.8) is 0 Å². The van der Waals surface area contributed by atoms with Gasteiger partial charge in [-0.3, -0.25) is 4.79 Å². The molecule has 0 spiro atoms. The van der Waals surface area contributed by atoms with Crippen LogP contribution < -0.4 is 10.6 Å². The van der Waals surface area contributed by atoms with Crippen LogP contribution in [0.5, 0.6) is 0 Å². The summed E-state index contributed by atoms with van der Waals surface area (Å²) in [5.41, 5.74) is 2.14. The molecule has 0 unspecified atom stereocenters. The lowest BCUT2D eigenvalue weighted by atomic mass is 9.72. The second-order valence-corrected chi connectivity index (χ2v) is 11.9. The average Bonchev–Trinajstić information content (AvgIpc) is 3.43. The zero-order chi connectivity index (χ0) is 26.5. The Balaban J connectivity index is 1.42. The maximum Gasteiger partial charge on any atom is 0.410 e. The number of rotatable bonds is 3. The third-order valence-electron chi connectivity index (χ3n) is 7.45. The van der Waals surface area contributed by atoms with E-state index in [2.05, 4.69) is 42.6 Å². The van der Waals surface area contributed by atoms with Gasteiger partial charge in [0.2, 0.25) is 0 Å². The number of aromatic nitrogens is 2. The van der Waals surface area contributed by atoms with Gasteiger partial charge in [0.05, 0.1) is 11.6 Å². The summed E-state index contributed by atoms with van der Waals surface area (Å²) in [7, 11) is 0. The van der Waals surface area contributed by atoms with Crippen LogP contribution in [0, 0.1) is 22.7 Å². The first-order valence-corrected chi connectivity index (χ1v) is 13.1. The second-order valence-electron chi connectivity index (χ2n) is 10.8. The molecular formula is C27H28F3N5OS. The minimum absolute atomic E-state index is 0.131. The highest BCUT2D eigenvalue weighted by molar-refractivity contribution is 7.16. The van der Waals surface area contributed by atoms with Crippen molar-refractivity contribution in [3.8, 4) is 6.07 Å². The standard InChI is InChI=1S/C27H28F3N5OS/c1-26(2,3)16-9-10-17-18(14-31)25(37-21(17)11-16)33-24(36)20-13-23-32-19(15-7-5-4-6-8-15)12-22(27(28,29)30)35(23)34-20/h4-8,13,16,19,22,32H,9-12H2,1-3H3,(H,33,36)/t16-,19+,22-/m1/s1. The van der Waals surface area contributed by atoms with Crippen molar-refractivity contribution in [2.75, 3.05) is 10.6 Å². The largest absolute Gasteiger partial charge is 0.410 e.